The second-order valence-electron chi connectivity index (χ2n) is 8.68. The second-order valence-corrected chi connectivity index (χ2v) is 8.68. The van der Waals surface area contributed by atoms with Crippen molar-refractivity contribution in [2.75, 3.05) is 6.54 Å². The lowest BCUT2D eigenvalue weighted by Gasteiger charge is -2.06. The van der Waals surface area contributed by atoms with Gasteiger partial charge < -0.3 is 5.32 Å². The summed E-state index contributed by atoms with van der Waals surface area (Å²) in [7, 11) is 0. The van der Waals surface area contributed by atoms with Crippen molar-refractivity contribution >= 4 is 5.91 Å². The summed E-state index contributed by atoms with van der Waals surface area (Å²) in [6.07, 6.45) is 26.4. The summed E-state index contributed by atoms with van der Waals surface area (Å²) in [5.41, 5.74) is 1.14. The zero-order valence-electron chi connectivity index (χ0n) is 19.4. The van der Waals surface area contributed by atoms with Crippen molar-refractivity contribution in [1.29, 1.82) is 0 Å². The molecule has 0 aromatic carbocycles. The van der Waals surface area contributed by atoms with Gasteiger partial charge in [0.2, 0.25) is 5.91 Å². The van der Waals surface area contributed by atoms with E-state index in [9.17, 15) is 4.79 Å². The van der Waals surface area contributed by atoms with Crippen LogP contribution in [0.15, 0.2) is 12.4 Å². The van der Waals surface area contributed by atoms with E-state index >= 15 is 0 Å². The van der Waals surface area contributed by atoms with Crippen LogP contribution in [0.1, 0.15) is 122 Å². The summed E-state index contributed by atoms with van der Waals surface area (Å²) >= 11 is 0. The highest BCUT2D eigenvalue weighted by molar-refractivity contribution is 5.75. The molecule has 4 heteroatoms. The Hall–Kier alpha value is -1.32. The van der Waals surface area contributed by atoms with Crippen LogP contribution in [0.2, 0.25) is 0 Å². The molecule has 0 radical (unpaired) electrons. The van der Waals surface area contributed by atoms with E-state index < -0.39 is 0 Å². The Kier molecular flexibility index (Phi) is 16.6. The molecule has 0 aliphatic rings. The van der Waals surface area contributed by atoms with Crippen molar-refractivity contribution in [3.05, 3.63) is 18.0 Å². The maximum absolute atomic E-state index is 11.8. The first-order chi connectivity index (χ1) is 14.2. The van der Waals surface area contributed by atoms with Crippen LogP contribution in [0.25, 0.3) is 0 Å². The third-order valence-corrected chi connectivity index (χ3v) is 5.68. The fraction of sp³-hybridized carbons (Fsp3) is 0.840. The van der Waals surface area contributed by atoms with Gasteiger partial charge in [0.05, 0.1) is 6.20 Å². The third-order valence-electron chi connectivity index (χ3n) is 5.68. The minimum Gasteiger partial charge on any atom is -0.356 e. The summed E-state index contributed by atoms with van der Waals surface area (Å²) in [6, 6.07) is 0. The van der Waals surface area contributed by atoms with Crippen LogP contribution in [0.3, 0.4) is 0 Å². The maximum atomic E-state index is 11.8. The fourth-order valence-corrected chi connectivity index (χ4v) is 3.79. The highest BCUT2D eigenvalue weighted by Gasteiger charge is 2.02. The molecular weight excluding hydrogens is 358 g/mol. The van der Waals surface area contributed by atoms with E-state index in [0.29, 0.717) is 13.0 Å². The molecule has 0 spiro atoms. The first-order valence-electron chi connectivity index (χ1n) is 12.5. The van der Waals surface area contributed by atoms with E-state index in [1.807, 2.05) is 24.0 Å². The Bertz CT molecular complexity index is 498. The topological polar surface area (TPSA) is 46.9 Å². The number of hydrogen-bond donors (Lipinski definition) is 1. The maximum Gasteiger partial charge on any atom is 0.221 e. The molecule has 0 atom stereocenters. The van der Waals surface area contributed by atoms with Gasteiger partial charge in [0.25, 0.3) is 0 Å². The molecule has 0 aliphatic carbocycles. The molecule has 0 bridgehead atoms. The van der Waals surface area contributed by atoms with Crippen molar-refractivity contribution in [3.63, 3.8) is 0 Å². The zero-order valence-corrected chi connectivity index (χ0v) is 19.4. The number of unbranched alkanes of at least 4 members (excludes halogenated alkanes) is 15. The van der Waals surface area contributed by atoms with Gasteiger partial charge in [-0.2, -0.15) is 5.10 Å². The molecule has 1 aromatic heterocycles. The fourth-order valence-electron chi connectivity index (χ4n) is 3.79. The normalized spacial score (nSPS) is 11.1. The van der Waals surface area contributed by atoms with Crippen molar-refractivity contribution in [2.45, 2.75) is 130 Å². The number of carbonyl (C=O) groups excluding carboxylic acids is 1. The molecule has 1 amide bonds. The summed E-state index contributed by atoms with van der Waals surface area (Å²) in [6.45, 7) is 5.78. The minimum atomic E-state index is 0.138. The lowest BCUT2D eigenvalue weighted by Crippen LogP contribution is -2.25. The Labute approximate surface area is 180 Å². The number of aromatic nitrogens is 2. The van der Waals surface area contributed by atoms with E-state index in [4.69, 9.17) is 0 Å². The van der Waals surface area contributed by atoms with Gasteiger partial charge in [0.1, 0.15) is 0 Å². The zero-order chi connectivity index (χ0) is 21.0. The highest BCUT2D eigenvalue weighted by atomic mass is 16.1. The van der Waals surface area contributed by atoms with Crippen LogP contribution in [0.4, 0.5) is 0 Å². The molecule has 1 rings (SSSR count). The molecule has 0 unspecified atom stereocenters. The monoisotopic (exact) mass is 405 g/mol. The van der Waals surface area contributed by atoms with Crippen LogP contribution >= 0.6 is 0 Å². The first kappa shape index (κ1) is 25.7. The first-order valence-corrected chi connectivity index (χ1v) is 12.5. The average molecular weight is 406 g/mol. The van der Waals surface area contributed by atoms with Gasteiger partial charge in [-0.25, -0.2) is 0 Å². The summed E-state index contributed by atoms with van der Waals surface area (Å²) in [4.78, 5) is 11.8. The number of nitrogens with zero attached hydrogens (tertiary/aromatic N) is 2. The molecular formula is C25H47N3O. The molecule has 0 aliphatic heterocycles. The molecule has 4 nitrogen and oxygen atoms in total. The van der Waals surface area contributed by atoms with E-state index in [2.05, 4.69) is 17.3 Å². The van der Waals surface area contributed by atoms with Gasteiger partial charge in [0, 0.05) is 25.7 Å². The molecule has 0 saturated carbocycles. The number of carbonyl (C=O) groups is 1. The van der Waals surface area contributed by atoms with Crippen molar-refractivity contribution in [1.82, 2.24) is 15.1 Å². The van der Waals surface area contributed by atoms with Crippen molar-refractivity contribution in [2.24, 2.45) is 0 Å². The number of aryl methyl sites for hydroxylation is 2. The highest BCUT2D eigenvalue weighted by Crippen LogP contribution is 2.13. The molecule has 0 fully saturated rings. The average Bonchev–Trinajstić information content (AvgIpc) is 3.14. The summed E-state index contributed by atoms with van der Waals surface area (Å²) in [5.74, 6) is 0.138. The van der Waals surface area contributed by atoms with Gasteiger partial charge in [-0.1, -0.05) is 103 Å². The van der Waals surface area contributed by atoms with E-state index in [1.165, 1.54) is 96.3 Å². The van der Waals surface area contributed by atoms with Crippen LogP contribution < -0.4 is 5.32 Å². The van der Waals surface area contributed by atoms with E-state index in [-0.39, 0.29) is 5.91 Å². The number of hydrogen-bond acceptors (Lipinski definition) is 2. The Morgan fingerprint density at radius 2 is 1.31 bits per heavy atom. The lowest BCUT2D eigenvalue weighted by molar-refractivity contribution is -0.121. The predicted molar refractivity (Wildman–Crippen MR) is 124 cm³/mol. The van der Waals surface area contributed by atoms with Crippen molar-refractivity contribution in [3.8, 4) is 0 Å². The molecule has 168 valence electrons. The molecule has 1 N–H and O–H groups in total. The summed E-state index contributed by atoms with van der Waals surface area (Å²) < 4.78 is 1.84. The lowest BCUT2D eigenvalue weighted by atomic mass is 10.0. The van der Waals surface area contributed by atoms with Crippen LogP contribution in [0.5, 0.6) is 0 Å². The minimum absolute atomic E-state index is 0.138. The van der Waals surface area contributed by atoms with Crippen molar-refractivity contribution < 1.29 is 4.79 Å². The Balaban J connectivity index is 1.74. The number of nitrogens with one attached hydrogen (secondary N) is 1. The van der Waals surface area contributed by atoms with Crippen LogP contribution in [-0.4, -0.2) is 22.2 Å². The van der Waals surface area contributed by atoms with Gasteiger partial charge in [-0.15, -0.1) is 0 Å². The molecule has 29 heavy (non-hydrogen) atoms. The number of rotatable bonds is 20. The largest absolute Gasteiger partial charge is 0.356 e. The standard InChI is InChI=1S/C25H47N3O/c1-3-4-5-6-7-8-9-10-11-12-13-14-15-16-17-18-20-26-25(29)19-21-28-23-24(2)22-27-28/h22-23H,3-21H2,1-2H3,(H,26,29). The molecule has 1 heterocycles. The smallest absolute Gasteiger partial charge is 0.221 e. The quantitative estimate of drug-likeness (QED) is 0.238. The van der Waals surface area contributed by atoms with Gasteiger partial charge in [0.15, 0.2) is 0 Å². The van der Waals surface area contributed by atoms with Crippen LogP contribution in [-0.2, 0) is 11.3 Å². The van der Waals surface area contributed by atoms with Gasteiger partial charge >= 0.3 is 0 Å². The van der Waals surface area contributed by atoms with Gasteiger partial charge in [-0.05, 0) is 18.9 Å². The number of amides is 1. The third kappa shape index (κ3) is 16.2. The summed E-state index contributed by atoms with van der Waals surface area (Å²) in [5, 5.41) is 7.24. The molecule has 0 saturated heterocycles. The SMILES string of the molecule is CCCCCCCCCCCCCCCCCCNC(=O)CCn1cc(C)cn1. The van der Waals surface area contributed by atoms with E-state index in [0.717, 1.165) is 18.5 Å². The van der Waals surface area contributed by atoms with Crippen LogP contribution in [0, 0.1) is 6.92 Å². The molecule has 1 aromatic rings. The predicted octanol–water partition coefficient (Wildman–Crippen LogP) is 6.96. The van der Waals surface area contributed by atoms with E-state index in [1.54, 1.807) is 0 Å². The Morgan fingerprint density at radius 3 is 1.76 bits per heavy atom. The Morgan fingerprint density at radius 1 is 0.828 bits per heavy atom. The second kappa shape index (κ2) is 18.7. The van der Waals surface area contributed by atoms with Gasteiger partial charge in [-0.3, -0.25) is 9.48 Å².